The average Bonchev–Trinajstić information content (AvgIpc) is 2.26. The highest BCUT2D eigenvalue weighted by Gasteiger charge is 2.03. The van der Waals surface area contributed by atoms with Gasteiger partial charge in [-0.2, -0.15) is 0 Å². The van der Waals surface area contributed by atoms with Crippen molar-refractivity contribution in [3.8, 4) is 11.3 Å². The second kappa shape index (κ2) is 3.85. The molecule has 0 radical (unpaired) electrons. The molecule has 0 saturated carbocycles. The van der Waals surface area contributed by atoms with E-state index in [0.717, 1.165) is 11.4 Å². The minimum Gasteiger partial charge on any atom is -0.253 e. The minimum absolute atomic E-state index is 1.07. The maximum absolute atomic E-state index is 4.60. The molecule has 0 unspecified atom stereocenters. The van der Waals surface area contributed by atoms with Gasteiger partial charge in [-0.1, -0.05) is 30.3 Å². The molecule has 0 aliphatic heterocycles. The topological polar surface area (TPSA) is 12.9 Å². The van der Waals surface area contributed by atoms with Crippen LogP contribution in [-0.4, -0.2) is 4.98 Å². The van der Waals surface area contributed by atoms with E-state index in [-0.39, 0.29) is 0 Å². The summed E-state index contributed by atoms with van der Waals surface area (Å²) in [5.41, 5.74) is 5.96. The second-order valence-electron chi connectivity index (χ2n) is 3.90. The van der Waals surface area contributed by atoms with Crippen LogP contribution in [0.2, 0.25) is 0 Å². The van der Waals surface area contributed by atoms with Crippen molar-refractivity contribution in [2.75, 3.05) is 0 Å². The number of hydrogen-bond acceptors (Lipinski definition) is 1. The molecule has 2 rings (SSSR count). The van der Waals surface area contributed by atoms with Crippen LogP contribution < -0.4 is 0 Å². The molecule has 1 nitrogen and oxygen atoms in total. The molecule has 76 valence electrons. The fourth-order valence-corrected chi connectivity index (χ4v) is 1.65. The molecule has 1 aromatic carbocycles. The number of nitrogens with zero attached hydrogens (tertiary/aromatic N) is 1. The quantitative estimate of drug-likeness (QED) is 0.679. The van der Waals surface area contributed by atoms with Crippen LogP contribution in [-0.2, 0) is 0 Å². The Labute approximate surface area is 90.8 Å². The van der Waals surface area contributed by atoms with Crippen molar-refractivity contribution in [1.29, 1.82) is 0 Å². The molecule has 1 aromatic heterocycles. The van der Waals surface area contributed by atoms with E-state index in [1.807, 2.05) is 18.2 Å². The monoisotopic (exact) mass is 197 g/mol. The van der Waals surface area contributed by atoms with Crippen molar-refractivity contribution in [2.24, 2.45) is 0 Å². The minimum atomic E-state index is 1.07. The van der Waals surface area contributed by atoms with Crippen LogP contribution in [0, 0.1) is 20.8 Å². The van der Waals surface area contributed by atoms with Crippen molar-refractivity contribution in [1.82, 2.24) is 4.98 Å². The Morgan fingerprint density at radius 3 is 2.20 bits per heavy atom. The lowest BCUT2D eigenvalue weighted by atomic mass is 10.0. The van der Waals surface area contributed by atoms with Crippen LogP contribution in [0.3, 0.4) is 0 Å². The first-order valence-corrected chi connectivity index (χ1v) is 5.19. The lowest BCUT2D eigenvalue weighted by Crippen LogP contribution is -1.93. The SMILES string of the molecule is Cc1cc(-c2ccccc2)nc(C)c1C. The summed E-state index contributed by atoms with van der Waals surface area (Å²) in [7, 11) is 0. The van der Waals surface area contributed by atoms with Gasteiger partial charge in [0, 0.05) is 11.3 Å². The largest absolute Gasteiger partial charge is 0.253 e. The number of rotatable bonds is 1. The molecule has 0 amide bonds. The molecular weight excluding hydrogens is 182 g/mol. The summed E-state index contributed by atoms with van der Waals surface area (Å²) in [5.74, 6) is 0. The molecule has 0 saturated heterocycles. The lowest BCUT2D eigenvalue weighted by molar-refractivity contribution is 1.12. The summed E-state index contributed by atoms with van der Waals surface area (Å²) in [5, 5.41) is 0. The van der Waals surface area contributed by atoms with E-state index in [9.17, 15) is 0 Å². The molecule has 0 spiro atoms. The lowest BCUT2D eigenvalue weighted by Gasteiger charge is -2.07. The van der Waals surface area contributed by atoms with Crippen molar-refractivity contribution in [2.45, 2.75) is 20.8 Å². The van der Waals surface area contributed by atoms with Gasteiger partial charge in [0.15, 0.2) is 0 Å². The van der Waals surface area contributed by atoms with Gasteiger partial charge in [-0.25, -0.2) is 0 Å². The summed E-state index contributed by atoms with van der Waals surface area (Å²) in [6, 6.07) is 12.4. The van der Waals surface area contributed by atoms with Gasteiger partial charge in [-0.15, -0.1) is 0 Å². The van der Waals surface area contributed by atoms with E-state index >= 15 is 0 Å². The molecule has 15 heavy (non-hydrogen) atoms. The van der Waals surface area contributed by atoms with Crippen molar-refractivity contribution >= 4 is 0 Å². The Bertz CT molecular complexity index is 449. The molecule has 0 aliphatic carbocycles. The highest BCUT2D eigenvalue weighted by molar-refractivity contribution is 5.60. The number of aryl methyl sites for hydroxylation is 2. The summed E-state index contributed by atoms with van der Waals surface area (Å²) >= 11 is 0. The van der Waals surface area contributed by atoms with Crippen LogP contribution >= 0.6 is 0 Å². The fourth-order valence-electron chi connectivity index (χ4n) is 1.65. The molecule has 0 aliphatic rings. The van der Waals surface area contributed by atoms with Crippen LogP contribution in [0.5, 0.6) is 0 Å². The molecule has 1 heterocycles. The van der Waals surface area contributed by atoms with E-state index in [1.165, 1.54) is 16.7 Å². The first-order valence-electron chi connectivity index (χ1n) is 5.19. The molecule has 0 N–H and O–H groups in total. The van der Waals surface area contributed by atoms with E-state index in [1.54, 1.807) is 0 Å². The van der Waals surface area contributed by atoms with Gasteiger partial charge in [0.1, 0.15) is 0 Å². The van der Waals surface area contributed by atoms with E-state index in [0.29, 0.717) is 0 Å². The van der Waals surface area contributed by atoms with Crippen LogP contribution in [0.25, 0.3) is 11.3 Å². The Morgan fingerprint density at radius 1 is 0.933 bits per heavy atom. The van der Waals surface area contributed by atoms with Crippen molar-refractivity contribution in [3.63, 3.8) is 0 Å². The maximum atomic E-state index is 4.60. The van der Waals surface area contributed by atoms with Gasteiger partial charge in [-0.05, 0) is 38.0 Å². The molecule has 0 atom stereocenters. The molecule has 0 bridgehead atoms. The summed E-state index contributed by atoms with van der Waals surface area (Å²) in [6.45, 7) is 6.32. The zero-order valence-electron chi connectivity index (χ0n) is 9.41. The number of aromatic nitrogens is 1. The maximum Gasteiger partial charge on any atom is 0.0708 e. The molecular formula is C14H15N. The molecule has 0 fully saturated rings. The summed E-state index contributed by atoms with van der Waals surface area (Å²) in [6.07, 6.45) is 0. The highest BCUT2D eigenvalue weighted by Crippen LogP contribution is 2.20. The third kappa shape index (κ3) is 1.91. The smallest absolute Gasteiger partial charge is 0.0708 e. The summed E-state index contributed by atoms with van der Waals surface area (Å²) in [4.78, 5) is 4.60. The van der Waals surface area contributed by atoms with Crippen LogP contribution in [0.1, 0.15) is 16.8 Å². The number of benzene rings is 1. The van der Waals surface area contributed by atoms with Crippen LogP contribution in [0.4, 0.5) is 0 Å². The zero-order valence-corrected chi connectivity index (χ0v) is 9.41. The fraction of sp³-hybridized carbons (Fsp3) is 0.214. The van der Waals surface area contributed by atoms with Gasteiger partial charge in [-0.3, -0.25) is 4.98 Å². The van der Waals surface area contributed by atoms with E-state index < -0.39 is 0 Å². The van der Waals surface area contributed by atoms with Gasteiger partial charge in [0.2, 0.25) is 0 Å². The van der Waals surface area contributed by atoms with Gasteiger partial charge in [0.25, 0.3) is 0 Å². The first kappa shape index (κ1) is 9.91. The summed E-state index contributed by atoms with van der Waals surface area (Å²) < 4.78 is 0. The van der Waals surface area contributed by atoms with Crippen molar-refractivity contribution in [3.05, 3.63) is 53.2 Å². The predicted octanol–water partition coefficient (Wildman–Crippen LogP) is 3.67. The Balaban J connectivity index is 2.56. The predicted molar refractivity (Wildman–Crippen MR) is 63.9 cm³/mol. The molecule has 2 aromatic rings. The van der Waals surface area contributed by atoms with Gasteiger partial charge >= 0.3 is 0 Å². The Hall–Kier alpha value is -1.63. The zero-order chi connectivity index (χ0) is 10.8. The number of hydrogen-bond donors (Lipinski definition) is 0. The molecule has 1 heteroatoms. The standard InChI is InChI=1S/C14H15N/c1-10-9-14(15-12(3)11(10)2)13-7-5-4-6-8-13/h4-9H,1-3H3. The Morgan fingerprint density at radius 2 is 1.60 bits per heavy atom. The van der Waals surface area contributed by atoms with Gasteiger partial charge < -0.3 is 0 Å². The van der Waals surface area contributed by atoms with E-state index in [2.05, 4.69) is 44.0 Å². The van der Waals surface area contributed by atoms with Crippen molar-refractivity contribution < 1.29 is 0 Å². The second-order valence-corrected chi connectivity index (χ2v) is 3.90. The third-order valence-electron chi connectivity index (χ3n) is 2.85. The third-order valence-corrected chi connectivity index (χ3v) is 2.85. The Kier molecular flexibility index (Phi) is 2.55. The van der Waals surface area contributed by atoms with Crippen LogP contribution in [0.15, 0.2) is 36.4 Å². The first-order chi connectivity index (χ1) is 7.18. The van der Waals surface area contributed by atoms with Gasteiger partial charge in [0.05, 0.1) is 5.69 Å². The normalized spacial score (nSPS) is 10.3. The highest BCUT2D eigenvalue weighted by atomic mass is 14.7. The van der Waals surface area contributed by atoms with E-state index in [4.69, 9.17) is 0 Å². The number of pyridine rings is 1. The average molecular weight is 197 g/mol.